The molecule has 21 heavy (non-hydrogen) atoms. The third-order valence-electron chi connectivity index (χ3n) is 3.13. The average Bonchev–Trinajstić information content (AvgIpc) is 2.48. The van der Waals surface area contributed by atoms with E-state index in [2.05, 4.69) is 31.1 Å². The van der Waals surface area contributed by atoms with E-state index in [0.717, 1.165) is 34.9 Å². The monoisotopic (exact) mass is 304 g/mol. The van der Waals surface area contributed by atoms with Crippen LogP contribution in [-0.2, 0) is 13.0 Å². The predicted octanol–water partition coefficient (Wildman–Crippen LogP) is 4.59. The van der Waals surface area contributed by atoms with E-state index in [4.69, 9.17) is 16.3 Å². The van der Waals surface area contributed by atoms with Gasteiger partial charge in [-0.2, -0.15) is 0 Å². The summed E-state index contributed by atoms with van der Waals surface area (Å²) in [5.74, 6) is 1.35. The molecule has 4 heteroatoms. The van der Waals surface area contributed by atoms with Gasteiger partial charge in [-0.1, -0.05) is 38.4 Å². The van der Waals surface area contributed by atoms with Gasteiger partial charge in [-0.05, 0) is 35.7 Å². The van der Waals surface area contributed by atoms with Gasteiger partial charge in [0.05, 0.1) is 0 Å². The van der Waals surface area contributed by atoms with Gasteiger partial charge in [-0.15, -0.1) is 0 Å². The highest BCUT2D eigenvalue weighted by molar-refractivity contribution is 6.31. The Balaban J connectivity index is 2.03. The molecule has 0 aliphatic carbocycles. The number of halogens is 1. The molecule has 0 fully saturated rings. The Labute approximate surface area is 131 Å². The fourth-order valence-corrected chi connectivity index (χ4v) is 2.16. The number of rotatable bonds is 6. The molecule has 112 valence electrons. The fraction of sp³-hybridized carbons (Fsp3) is 0.353. The summed E-state index contributed by atoms with van der Waals surface area (Å²) < 4.78 is 5.77. The maximum atomic E-state index is 6.10. The smallest absolute Gasteiger partial charge is 0.219 e. The van der Waals surface area contributed by atoms with Crippen LogP contribution in [0.2, 0.25) is 5.02 Å². The molecule has 0 amide bonds. The van der Waals surface area contributed by atoms with Gasteiger partial charge in [-0.25, -0.2) is 4.98 Å². The molecule has 0 radical (unpaired) electrons. The molecule has 0 saturated carbocycles. The zero-order chi connectivity index (χ0) is 15.2. The van der Waals surface area contributed by atoms with E-state index in [9.17, 15) is 0 Å². The highest BCUT2D eigenvalue weighted by Gasteiger charge is 2.04. The molecule has 0 unspecified atom stereocenters. The molecule has 0 saturated heterocycles. The Morgan fingerprint density at radius 1 is 1.24 bits per heavy atom. The molecule has 0 bridgehead atoms. The van der Waals surface area contributed by atoms with E-state index in [1.54, 1.807) is 0 Å². The van der Waals surface area contributed by atoms with Crippen molar-refractivity contribution in [2.45, 2.75) is 39.8 Å². The van der Waals surface area contributed by atoms with Gasteiger partial charge in [0.25, 0.3) is 0 Å². The zero-order valence-corrected chi connectivity index (χ0v) is 13.4. The van der Waals surface area contributed by atoms with E-state index in [0.29, 0.717) is 11.9 Å². The highest BCUT2D eigenvalue weighted by Crippen LogP contribution is 2.25. The van der Waals surface area contributed by atoms with Crippen LogP contribution in [0.3, 0.4) is 0 Å². The van der Waals surface area contributed by atoms with Crippen molar-refractivity contribution < 1.29 is 4.74 Å². The van der Waals surface area contributed by atoms with Crippen LogP contribution in [0, 0.1) is 0 Å². The topological polar surface area (TPSA) is 34.1 Å². The summed E-state index contributed by atoms with van der Waals surface area (Å²) in [6.07, 6.45) is 2.71. The van der Waals surface area contributed by atoms with E-state index in [-0.39, 0.29) is 0 Å². The second-order valence-corrected chi connectivity index (χ2v) is 5.66. The van der Waals surface area contributed by atoms with Crippen LogP contribution in [0.1, 0.15) is 31.9 Å². The Morgan fingerprint density at radius 3 is 2.67 bits per heavy atom. The quantitative estimate of drug-likeness (QED) is 0.847. The van der Waals surface area contributed by atoms with Crippen molar-refractivity contribution in [3.63, 3.8) is 0 Å². The predicted molar refractivity (Wildman–Crippen MR) is 87.1 cm³/mol. The zero-order valence-electron chi connectivity index (χ0n) is 12.7. The van der Waals surface area contributed by atoms with Gasteiger partial charge < -0.3 is 10.1 Å². The largest absolute Gasteiger partial charge is 0.439 e. The van der Waals surface area contributed by atoms with Crippen LogP contribution in [0.15, 0.2) is 36.5 Å². The van der Waals surface area contributed by atoms with Crippen LogP contribution < -0.4 is 10.1 Å². The molecule has 0 atom stereocenters. The average molecular weight is 305 g/mol. The molecular formula is C17H21ClN2O. The van der Waals surface area contributed by atoms with E-state index < -0.39 is 0 Å². The molecule has 0 aliphatic heterocycles. The number of aryl methyl sites for hydroxylation is 1. The normalized spacial score (nSPS) is 10.9. The van der Waals surface area contributed by atoms with Crippen molar-refractivity contribution in [1.29, 1.82) is 0 Å². The molecule has 2 rings (SSSR count). The Hall–Kier alpha value is -1.58. The van der Waals surface area contributed by atoms with Crippen LogP contribution >= 0.6 is 11.6 Å². The number of nitrogens with zero attached hydrogens (tertiary/aromatic N) is 1. The van der Waals surface area contributed by atoms with Gasteiger partial charge in [0.2, 0.25) is 5.88 Å². The van der Waals surface area contributed by atoms with Crippen molar-refractivity contribution in [2.24, 2.45) is 0 Å². The Bertz CT molecular complexity index is 582. The van der Waals surface area contributed by atoms with E-state index in [1.807, 2.05) is 36.5 Å². The Kier molecular flexibility index (Phi) is 5.59. The van der Waals surface area contributed by atoms with Gasteiger partial charge in [0.1, 0.15) is 5.75 Å². The summed E-state index contributed by atoms with van der Waals surface area (Å²) in [7, 11) is 0. The van der Waals surface area contributed by atoms with Gasteiger partial charge in [-0.3, -0.25) is 0 Å². The lowest BCUT2D eigenvalue weighted by molar-refractivity contribution is 0.461. The lowest BCUT2D eigenvalue weighted by Crippen LogP contribution is -2.21. The maximum absolute atomic E-state index is 6.10. The van der Waals surface area contributed by atoms with Gasteiger partial charge >= 0.3 is 0 Å². The molecular weight excluding hydrogens is 284 g/mol. The van der Waals surface area contributed by atoms with Crippen molar-refractivity contribution in [3.05, 3.63) is 52.7 Å². The molecule has 1 aromatic heterocycles. The molecule has 0 aliphatic rings. The van der Waals surface area contributed by atoms with E-state index >= 15 is 0 Å². The number of benzene rings is 1. The lowest BCUT2D eigenvalue weighted by atomic mass is 10.1. The summed E-state index contributed by atoms with van der Waals surface area (Å²) in [5, 5.41) is 4.13. The third kappa shape index (κ3) is 4.73. The summed E-state index contributed by atoms with van der Waals surface area (Å²) in [6, 6.07) is 10.0. The maximum Gasteiger partial charge on any atom is 0.219 e. The summed E-state index contributed by atoms with van der Waals surface area (Å²) >= 11 is 6.10. The summed E-state index contributed by atoms with van der Waals surface area (Å²) in [4.78, 5) is 4.33. The van der Waals surface area contributed by atoms with Gasteiger partial charge in [0.15, 0.2) is 0 Å². The van der Waals surface area contributed by atoms with Crippen molar-refractivity contribution in [1.82, 2.24) is 10.3 Å². The van der Waals surface area contributed by atoms with Crippen LogP contribution in [-0.4, -0.2) is 11.0 Å². The van der Waals surface area contributed by atoms with Gasteiger partial charge in [0, 0.05) is 29.9 Å². The molecule has 1 heterocycles. The van der Waals surface area contributed by atoms with Crippen LogP contribution in [0.4, 0.5) is 0 Å². The highest BCUT2D eigenvalue weighted by atomic mass is 35.5. The van der Waals surface area contributed by atoms with Crippen molar-refractivity contribution >= 4 is 11.6 Å². The van der Waals surface area contributed by atoms with Crippen LogP contribution in [0.25, 0.3) is 0 Å². The first-order valence-electron chi connectivity index (χ1n) is 7.23. The molecule has 1 aromatic carbocycles. The van der Waals surface area contributed by atoms with Crippen molar-refractivity contribution in [3.8, 4) is 11.6 Å². The first kappa shape index (κ1) is 15.8. The molecule has 0 spiro atoms. The second kappa shape index (κ2) is 7.43. The minimum Gasteiger partial charge on any atom is -0.439 e. The number of hydrogen-bond donors (Lipinski definition) is 1. The standard InChI is InChI=1S/C17H21ClN2O/c1-4-14-9-15(6-7-16(14)18)21-17-8-5-13(11-20-17)10-19-12(2)3/h5-9,11-12,19H,4,10H2,1-3H3. The Morgan fingerprint density at radius 2 is 2.05 bits per heavy atom. The summed E-state index contributed by atoms with van der Waals surface area (Å²) in [6.45, 7) is 7.12. The lowest BCUT2D eigenvalue weighted by Gasteiger charge is -2.10. The van der Waals surface area contributed by atoms with Crippen LogP contribution in [0.5, 0.6) is 11.6 Å². The minimum absolute atomic E-state index is 0.461. The molecule has 1 N–H and O–H groups in total. The van der Waals surface area contributed by atoms with Crippen molar-refractivity contribution in [2.75, 3.05) is 0 Å². The third-order valence-corrected chi connectivity index (χ3v) is 3.50. The number of nitrogens with one attached hydrogen (secondary N) is 1. The minimum atomic E-state index is 0.461. The molecule has 3 nitrogen and oxygen atoms in total. The number of pyridine rings is 1. The first-order valence-corrected chi connectivity index (χ1v) is 7.61. The van der Waals surface area contributed by atoms with E-state index in [1.165, 1.54) is 0 Å². The number of aromatic nitrogens is 1. The number of ether oxygens (including phenoxy) is 1. The second-order valence-electron chi connectivity index (χ2n) is 5.25. The summed E-state index contributed by atoms with van der Waals surface area (Å²) in [5.41, 5.74) is 2.22. The number of hydrogen-bond acceptors (Lipinski definition) is 3. The molecule has 2 aromatic rings. The SMILES string of the molecule is CCc1cc(Oc2ccc(CNC(C)C)cn2)ccc1Cl. The first-order chi connectivity index (χ1) is 10.1. The fourth-order valence-electron chi connectivity index (χ4n) is 1.90.